The van der Waals surface area contributed by atoms with Crippen LogP contribution >= 0.6 is 11.6 Å². The first-order chi connectivity index (χ1) is 13.2. The average Bonchev–Trinajstić information content (AvgIpc) is 3.44. The van der Waals surface area contributed by atoms with Gasteiger partial charge in [0.1, 0.15) is 18.2 Å². The summed E-state index contributed by atoms with van der Waals surface area (Å²) in [6.07, 6.45) is 5.58. The third kappa shape index (κ3) is 3.11. The van der Waals surface area contributed by atoms with Crippen molar-refractivity contribution in [2.45, 2.75) is 44.0 Å². The molecule has 4 heterocycles. The van der Waals surface area contributed by atoms with Crippen molar-refractivity contribution in [2.75, 3.05) is 0 Å². The molecule has 0 amide bonds. The van der Waals surface area contributed by atoms with E-state index in [4.69, 9.17) is 31.2 Å². The van der Waals surface area contributed by atoms with Gasteiger partial charge in [0.25, 0.3) is 0 Å². The highest BCUT2D eigenvalue weighted by atomic mass is 35.5. The highest BCUT2D eigenvalue weighted by molar-refractivity contribution is 6.30. The monoisotopic (exact) mass is 385 g/mol. The molecule has 2 saturated heterocycles. The number of halogens is 1. The van der Waals surface area contributed by atoms with Gasteiger partial charge in [-0.2, -0.15) is 9.78 Å². The molecule has 3 atom stereocenters. The van der Waals surface area contributed by atoms with Gasteiger partial charge in [0.15, 0.2) is 11.6 Å². The molecular weight excluding hydrogens is 366 g/mol. The van der Waals surface area contributed by atoms with Crippen molar-refractivity contribution in [3.63, 3.8) is 0 Å². The Balaban J connectivity index is 1.44. The number of fused-ring (bicyclic) bond motifs is 2. The number of aryl methyl sites for hydroxylation is 1. The summed E-state index contributed by atoms with van der Waals surface area (Å²) in [5.74, 6) is 3.46. The predicted octanol–water partition coefficient (Wildman–Crippen LogP) is 3.27. The molecular formula is C19H20ClN5O2. The van der Waals surface area contributed by atoms with E-state index in [0.717, 1.165) is 36.7 Å². The van der Waals surface area contributed by atoms with Gasteiger partial charge in [-0.05, 0) is 43.5 Å². The molecule has 0 N–H and O–H groups in total. The van der Waals surface area contributed by atoms with Crippen LogP contribution in [0.15, 0.2) is 36.5 Å². The maximum Gasteiger partial charge on any atom is 0.188 e. The van der Waals surface area contributed by atoms with Crippen LogP contribution in [0.5, 0.6) is 5.75 Å². The van der Waals surface area contributed by atoms with Gasteiger partial charge in [0.2, 0.25) is 0 Å². The molecule has 2 bridgehead atoms. The fourth-order valence-corrected chi connectivity index (χ4v) is 4.13. The van der Waals surface area contributed by atoms with Gasteiger partial charge >= 0.3 is 0 Å². The van der Waals surface area contributed by atoms with Crippen molar-refractivity contribution in [2.24, 2.45) is 7.05 Å². The lowest BCUT2D eigenvalue weighted by Crippen LogP contribution is -2.20. The van der Waals surface area contributed by atoms with Gasteiger partial charge in [0.05, 0.1) is 18.4 Å². The van der Waals surface area contributed by atoms with Crippen molar-refractivity contribution < 1.29 is 9.47 Å². The molecule has 0 aliphatic carbocycles. The van der Waals surface area contributed by atoms with Gasteiger partial charge in [-0.15, -0.1) is 5.10 Å². The van der Waals surface area contributed by atoms with Crippen molar-refractivity contribution >= 4 is 11.6 Å². The van der Waals surface area contributed by atoms with E-state index in [-0.39, 0.29) is 12.0 Å². The fourth-order valence-electron chi connectivity index (χ4n) is 4.00. The number of hydrogen-bond acceptors (Lipinski definition) is 5. The van der Waals surface area contributed by atoms with Gasteiger partial charge in [-0.1, -0.05) is 11.6 Å². The quantitative estimate of drug-likeness (QED) is 0.674. The van der Waals surface area contributed by atoms with E-state index in [9.17, 15) is 0 Å². The molecule has 27 heavy (non-hydrogen) atoms. The number of aromatic nitrogens is 5. The number of ether oxygens (including phenoxy) is 2. The lowest BCUT2D eigenvalue weighted by atomic mass is 9.88. The predicted molar refractivity (Wildman–Crippen MR) is 99.2 cm³/mol. The molecule has 1 aromatic carbocycles. The average molecular weight is 386 g/mol. The Hall–Kier alpha value is -2.38. The van der Waals surface area contributed by atoms with Crippen molar-refractivity contribution in [1.29, 1.82) is 0 Å². The van der Waals surface area contributed by atoms with Gasteiger partial charge in [-0.3, -0.25) is 4.68 Å². The molecule has 2 aromatic heterocycles. The smallest absolute Gasteiger partial charge is 0.188 e. The van der Waals surface area contributed by atoms with Crippen LogP contribution in [0.1, 0.15) is 36.8 Å². The zero-order valence-electron chi connectivity index (χ0n) is 15.0. The lowest BCUT2D eigenvalue weighted by molar-refractivity contribution is 0.0996. The second-order valence-corrected chi connectivity index (χ2v) is 7.51. The summed E-state index contributed by atoms with van der Waals surface area (Å²) in [5.41, 5.74) is 0. The molecule has 3 aromatic rings. The highest BCUT2D eigenvalue weighted by Gasteiger charge is 2.44. The van der Waals surface area contributed by atoms with E-state index in [1.54, 1.807) is 23.0 Å². The minimum Gasteiger partial charge on any atom is -0.486 e. The zero-order chi connectivity index (χ0) is 18.4. The Morgan fingerprint density at radius 2 is 2.07 bits per heavy atom. The first-order valence-electron chi connectivity index (χ1n) is 9.15. The van der Waals surface area contributed by atoms with Crippen LogP contribution in [-0.2, 0) is 18.4 Å². The van der Waals surface area contributed by atoms with Crippen LogP contribution in [0.3, 0.4) is 0 Å². The van der Waals surface area contributed by atoms with Crippen LogP contribution in [0, 0.1) is 0 Å². The fraction of sp³-hybridized carbons (Fsp3) is 0.421. The number of rotatable bonds is 5. The summed E-state index contributed by atoms with van der Waals surface area (Å²) < 4.78 is 15.6. The first-order valence-corrected chi connectivity index (χ1v) is 9.53. The Bertz CT molecular complexity index is 951. The van der Waals surface area contributed by atoms with Crippen LogP contribution in [0.4, 0.5) is 0 Å². The van der Waals surface area contributed by atoms with Gasteiger partial charge in [-0.25, -0.2) is 4.98 Å². The summed E-state index contributed by atoms with van der Waals surface area (Å²) in [6, 6.07) is 9.22. The minimum absolute atomic E-state index is 0.233. The SMILES string of the molecule is Cn1nccc1-n1nc(COc2ccc(Cl)cc2)nc1[C@@H]1C[C@@H]2CC[C@H]1O2. The normalized spacial score (nSPS) is 23.9. The molecule has 0 saturated carbocycles. The number of benzene rings is 1. The van der Waals surface area contributed by atoms with E-state index in [0.29, 0.717) is 23.6 Å². The summed E-state index contributed by atoms with van der Waals surface area (Å²) in [6.45, 7) is 0.293. The molecule has 0 unspecified atom stereocenters. The second kappa shape index (κ2) is 6.65. The highest BCUT2D eigenvalue weighted by Crippen LogP contribution is 2.44. The topological polar surface area (TPSA) is 67.0 Å². The van der Waals surface area contributed by atoms with E-state index in [1.165, 1.54) is 0 Å². The lowest BCUT2D eigenvalue weighted by Gasteiger charge is -2.18. The van der Waals surface area contributed by atoms with Gasteiger partial charge in [0, 0.05) is 24.1 Å². The van der Waals surface area contributed by atoms with Crippen LogP contribution < -0.4 is 4.74 Å². The van der Waals surface area contributed by atoms with Crippen molar-refractivity contribution in [3.8, 4) is 11.6 Å². The standard InChI is InChI=1S/C19H20ClN5O2/c1-24-18(8-9-21-24)25-19(15-10-14-6-7-16(15)27-14)22-17(23-25)11-26-13-4-2-12(20)3-5-13/h2-5,8-9,14-16H,6-7,10-11H2,1H3/t14-,15+,16+/m0/s1. The van der Waals surface area contributed by atoms with Crippen molar-refractivity contribution in [3.05, 3.63) is 53.2 Å². The Labute approximate surface area is 161 Å². The molecule has 2 aliphatic rings. The number of hydrogen-bond donors (Lipinski definition) is 0. The Kier molecular flexibility index (Phi) is 4.13. The Morgan fingerprint density at radius 3 is 2.74 bits per heavy atom. The Morgan fingerprint density at radius 1 is 1.22 bits per heavy atom. The van der Waals surface area contributed by atoms with Crippen molar-refractivity contribution in [1.82, 2.24) is 24.5 Å². The largest absolute Gasteiger partial charge is 0.486 e. The van der Waals surface area contributed by atoms with Crippen LogP contribution in [0.2, 0.25) is 5.02 Å². The molecule has 2 fully saturated rings. The van der Waals surface area contributed by atoms with E-state index >= 15 is 0 Å². The molecule has 5 rings (SSSR count). The number of nitrogens with zero attached hydrogens (tertiary/aromatic N) is 5. The van der Waals surface area contributed by atoms with E-state index in [1.807, 2.05) is 29.9 Å². The maximum atomic E-state index is 6.04. The molecule has 2 aliphatic heterocycles. The maximum absolute atomic E-state index is 6.04. The summed E-state index contributed by atoms with van der Waals surface area (Å²) >= 11 is 5.92. The third-order valence-electron chi connectivity index (χ3n) is 5.31. The third-order valence-corrected chi connectivity index (χ3v) is 5.56. The van der Waals surface area contributed by atoms with E-state index < -0.39 is 0 Å². The molecule has 140 valence electrons. The van der Waals surface area contributed by atoms with Crippen LogP contribution in [-0.4, -0.2) is 36.8 Å². The second-order valence-electron chi connectivity index (χ2n) is 7.07. The molecule has 8 heteroatoms. The summed E-state index contributed by atoms with van der Waals surface area (Å²) in [4.78, 5) is 4.82. The minimum atomic E-state index is 0.233. The zero-order valence-corrected chi connectivity index (χ0v) is 15.7. The van der Waals surface area contributed by atoms with E-state index in [2.05, 4.69) is 5.10 Å². The molecule has 0 radical (unpaired) electrons. The molecule has 7 nitrogen and oxygen atoms in total. The van der Waals surface area contributed by atoms with Crippen LogP contribution in [0.25, 0.3) is 5.82 Å². The first kappa shape index (κ1) is 16.8. The van der Waals surface area contributed by atoms with Gasteiger partial charge < -0.3 is 9.47 Å². The summed E-state index contributed by atoms with van der Waals surface area (Å²) in [5, 5.41) is 9.67. The molecule has 0 spiro atoms. The summed E-state index contributed by atoms with van der Waals surface area (Å²) in [7, 11) is 1.90.